The summed E-state index contributed by atoms with van der Waals surface area (Å²) in [6.45, 7) is 4.49. The quantitative estimate of drug-likeness (QED) is 0.914. The Labute approximate surface area is 106 Å². The smallest absolute Gasteiger partial charge is 0.278 e. The molecule has 2 aromatic rings. The molecule has 0 bridgehead atoms. The van der Waals surface area contributed by atoms with E-state index in [2.05, 4.69) is 8.75 Å². The number of nitrogens with zero attached hydrogens (tertiary/aromatic N) is 2. The van der Waals surface area contributed by atoms with Gasteiger partial charge in [0.15, 0.2) is 0 Å². The van der Waals surface area contributed by atoms with Crippen LogP contribution in [-0.4, -0.2) is 12.7 Å². The highest BCUT2D eigenvalue weighted by molar-refractivity contribution is 7.05. The number of rotatable bonds is 4. The van der Waals surface area contributed by atoms with Crippen molar-refractivity contribution in [3.63, 3.8) is 0 Å². The molecule has 0 saturated carbocycles. The molecule has 2 aromatic heterocycles. The predicted octanol–water partition coefficient (Wildman–Crippen LogP) is 1.42. The molecule has 92 valence electrons. The number of hydrogen-bond donors (Lipinski definition) is 1. The summed E-state index contributed by atoms with van der Waals surface area (Å²) >= 11 is 2.52. The van der Waals surface area contributed by atoms with Gasteiger partial charge in [-0.15, -0.1) is 0 Å². The number of aryl methyl sites for hydroxylation is 2. The van der Waals surface area contributed by atoms with Gasteiger partial charge in [0.05, 0.1) is 0 Å². The number of aromatic amines is 1. The minimum atomic E-state index is -0.0791. The number of hydrogen-bond acceptors (Lipinski definition) is 5. The van der Waals surface area contributed by atoms with Gasteiger partial charge < -0.3 is 0 Å². The maximum absolute atomic E-state index is 11.9. The molecule has 7 heteroatoms. The van der Waals surface area contributed by atoms with Gasteiger partial charge in [0, 0.05) is 41.6 Å². The maximum atomic E-state index is 11.9. The van der Waals surface area contributed by atoms with Crippen molar-refractivity contribution in [2.45, 2.75) is 32.7 Å². The molecule has 0 amide bonds. The first-order chi connectivity index (χ1) is 8.08. The molecule has 17 heavy (non-hydrogen) atoms. The Kier molecular flexibility index (Phi) is 3.58. The molecule has 2 rings (SSSR count). The first kappa shape index (κ1) is 12.3. The van der Waals surface area contributed by atoms with E-state index in [1.807, 2.05) is 13.8 Å². The summed E-state index contributed by atoms with van der Waals surface area (Å²) in [4.78, 5) is 23.8. The lowest BCUT2D eigenvalue weighted by atomic mass is 10.1. The van der Waals surface area contributed by atoms with Crippen LogP contribution in [0.5, 0.6) is 0 Å². The fourth-order valence-electron chi connectivity index (χ4n) is 1.45. The van der Waals surface area contributed by atoms with Crippen molar-refractivity contribution < 1.29 is 0 Å². The summed E-state index contributed by atoms with van der Waals surface area (Å²) in [5, 5.41) is 0. The van der Waals surface area contributed by atoms with E-state index < -0.39 is 0 Å². The summed E-state index contributed by atoms with van der Waals surface area (Å²) in [5.74, 6) is 0.156. The van der Waals surface area contributed by atoms with Crippen LogP contribution in [0.3, 0.4) is 0 Å². The van der Waals surface area contributed by atoms with Gasteiger partial charge in [0.25, 0.3) is 11.1 Å². The lowest BCUT2D eigenvalue weighted by Gasteiger charge is -1.97. The van der Waals surface area contributed by atoms with Crippen LogP contribution in [0.4, 0.5) is 0 Å². The Morgan fingerprint density at radius 3 is 2.76 bits per heavy atom. The van der Waals surface area contributed by atoms with E-state index in [-0.39, 0.29) is 17.0 Å². The molecule has 0 aliphatic rings. The normalized spacial score (nSPS) is 11.2. The van der Waals surface area contributed by atoms with Crippen LogP contribution in [0.1, 0.15) is 30.3 Å². The Hall–Kier alpha value is -1.21. The molecule has 0 unspecified atom stereocenters. The molecule has 1 N–H and O–H groups in total. The molecule has 2 heterocycles. The number of nitrogens with one attached hydrogen (secondary N) is 1. The van der Waals surface area contributed by atoms with Crippen LogP contribution >= 0.6 is 23.3 Å². The van der Waals surface area contributed by atoms with Gasteiger partial charge in [0.1, 0.15) is 5.69 Å². The monoisotopic (exact) mass is 271 g/mol. The van der Waals surface area contributed by atoms with Crippen LogP contribution in [-0.2, 0) is 13.0 Å². The van der Waals surface area contributed by atoms with Gasteiger partial charge >= 0.3 is 0 Å². The Balaban J connectivity index is 2.10. The van der Waals surface area contributed by atoms with Crippen molar-refractivity contribution in [3.8, 4) is 0 Å². The van der Waals surface area contributed by atoms with E-state index in [4.69, 9.17) is 0 Å². The van der Waals surface area contributed by atoms with Crippen molar-refractivity contribution >= 4 is 23.3 Å². The lowest BCUT2D eigenvalue weighted by molar-refractivity contribution is 0.721. The second-order valence-corrected chi connectivity index (χ2v) is 5.77. The number of aromatic nitrogens is 3. The second kappa shape index (κ2) is 4.97. The molecular weight excluding hydrogens is 258 g/mol. The van der Waals surface area contributed by atoms with Crippen LogP contribution in [0.15, 0.2) is 15.7 Å². The minimum Gasteiger partial charge on any atom is -0.278 e. The molecule has 0 saturated heterocycles. The Bertz CT molecular complexity index is 605. The Morgan fingerprint density at radius 1 is 1.47 bits per heavy atom. The average molecular weight is 271 g/mol. The zero-order valence-electron chi connectivity index (χ0n) is 9.60. The second-order valence-electron chi connectivity index (χ2n) is 4.05. The summed E-state index contributed by atoms with van der Waals surface area (Å²) in [6, 6.07) is 1.57. The van der Waals surface area contributed by atoms with Gasteiger partial charge in [-0.25, -0.2) is 3.96 Å². The maximum Gasteiger partial charge on any atom is 0.283 e. The predicted molar refractivity (Wildman–Crippen MR) is 69.1 cm³/mol. The SMILES string of the molecule is CC(C)c1nsn(CCc2cc(=O)[nH]s2)c1=O. The fraction of sp³-hybridized carbons (Fsp3) is 0.500. The first-order valence-corrected chi connectivity index (χ1v) is 6.87. The van der Waals surface area contributed by atoms with Gasteiger partial charge in [-0.2, -0.15) is 4.37 Å². The molecule has 0 aromatic carbocycles. The molecule has 5 nitrogen and oxygen atoms in total. The highest BCUT2D eigenvalue weighted by atomic mass is 32.1. The van der Waals surface area contributed by atoms with Crippen LogP contribution in [0, 0.1) is 0 Å². The summed E-state index contributed by atoms with van der Waals surface area (Å²) in [7, 11) is 0. The van der Waals surface area contributed by atoms with Gasteiger partial charge in [-0.05, 0) is 0 Å². The van der Waals surface area contributed by atoms with E-state index in [0.29, 0.717) is 18.7 Å². The average Bonchev–Trinajstić information content (AvgIpc) is 2.82. The Morgan fingerprint density at radius 2 is 2.24 bits per heavy atom. The fourth-order valence-corrected chi connectivity index (χ4v) is 2.91. The third-order valence-corrected chi connectivity index (χ3v) is 4.08. The van der Waals surface area contributed by atoms with E-state index in [1.165, 1.54) is 23.3 Å². The van der Waals surface area contributed by atoms with Crippen LogP contribution in [0.2, 0.25) is 0 Å². The summed E-state index contributed by atoms with van der Waals surface area (Å²) in [5.41, 5.74) is 0.537. The van der Waals surface area contributed by atoms with E-state index in [0.717, 1.165) is 4.88 Å². The third kappa shape index (κ3) is 2.73. The van der Waals surface area contributed by atoms with Gasteiger partial charge in [-0.1, -0.05) is 25.4 Å². The third-order valence-electron chi connectivity index (χ3n) is 2.37. The highest BCUT2D eigenvalue weighted by Crippen LogP contribution is 2.09. The molecular formula is C10H13N3O2S2. The summed E-state index contributed by atoms with van der Waals surface area (Å²) in [6.07, 6.45) is 0.684. The van der Waals surface area contributed by atoms with E-state index in [1.54, 1.807) is 10.0 Å². The standard InChI is InChI=1S/C10H13N3O2S2/c1-6(2)9-10(15)13(17-12-9)4-3-7-5-8(14)11-16-7/h5-6H,3-4H2,1-2H3,(H,11,14). The first-order valence-electron chi connectivity index (χ1n) is 5.32. The molecule has 0 aliphatic heterocycles. The minimum absolute atomic E-state index is 0.00659. The zero-order chi connectivity index (χ0) is 12.4. The van der Waals surface area contributed by atoms with E-state index in [9.17, 15) is 9.59 Å². The van der Waals surface area contributed by atoms with Crippen molar-refractivity contribution in [1.29, 1.82) is 0 Å². The molecule has 0 aliphatic carbocycles. The largest absolute Gasteiger partial charge is 0.283 e. The van der Waals surface area contributed by atoms with Crippen molar-refractivity contribution in [2.24, 2.45) is 0 Å². The van der Waals surface area contributed by atoms with Gasteiger partial charge in [0.2, 0.25) is 0 Å². The van der Waals surface area contributed by atoms with Crippen LogP contribution < -0.4 is 11.1 Å². The summed E-state index contributed by atoms with van der Waals surface area (Å²) < 4.78 is 8.43. The van der Waals surface area contributed by atoms with Crippen molar-refractivity contribution in [1.82, 2.24) is 12.7 Å². The van der Waals surface area contributed by atoms with Crippen molar-refractivity contribution in [3.05, 3.63) is 37.3 Å². The molecule has 0 atom stereocenters. The van der Waals surface area contributed by atoms with E-state index >= 15 is 0 Å². The molecule has 0 spiro atoms. The zero-order valence-corrected chi connectivity index (χ0v) is 11.2. The lowest BCUT2D eigenvalue weighted by Crippen LogP contribution is -2.18. The van der Waals surface area contributed by atoms with Gasteiger partial charge in [-0.3, -0.25) is 14.0 Å². The van der Waals surface area contributed by atoms with Crippen molar-refractivity contribution in [2.75, 3.05) is 0 Å². The number of H-pyrrole nitrogens is 1. The topological polar surface area (TPSA) is 67.8 Å². The molecule has 0 fully saturated rings. The van der Waals surface area contributed by atoms with Crippen LogP contribution in [0.25, 0.3) is 0 Å². The molecule has 0 radical (unpaired) electrons. The highest BCUT2D eigenvalue weighted by Gasteiger charge is 2.12.